The quantitative estimate of drug-likeness (QED) is 0.572. The molecule has 0 spiro atoms. The third-order valence-electron chi connectivity index (χ3n) is 4.84. The summed E-state index contributed by atoms with van der Waals surface area (Å²) in [4.78, 5) is 12.7. The minimum atomic E-state index is -3.86. The minimum absolute atomic E-state index is 0.00318. The Balaban J connectivity index is 1.77. The molecule has 1 amide bonds. The van der Waals surface area contributed by atoms with Crippen LogP contribution in [0.15, 0.2) is 71.6 Å². The van der Waals surface area contributed by atoms with Gasteiger partial charge in [0, 0.05) is 12.1 Å². The average Bonchev–Trinajstić information content (AvgIpc) is 2.75. The van der Waals surface area contributed by atoms with Crippen LogP contribution in [0.3, 0.4) is 0 Å². The molecule has 0 bridgehead atoms. The largest absolute Gasteiger partial charge is 0.346 e. The molecule has 1 atom stereocenters. The molecular formula is C23H22F2N2O3S. The molecular weight excluding hydrogens is 422 g/mol. The van der Waals surface area contributed by atoms with E-state index in [4.69, 9.17) is 0 Å². The van der Waals surface area contributed by atoms with Crippen molar-refractivity contribution in [2.75, 3.05) is 0 Å². The van der Waals surface area contributed by atoms with Crippen LogP contribution >= 0.6 is 0 Å². The summed E-state index contributed by atoms with van der Waals surface area (Å²) in [5, 5.41) is 2.67. The molecule has 0 saturated heterocycles. The fourth-order valence-electron chi connectivity index (χ4n) is 3.03. The Bertz CT molecular complexity index is 1200. The van der Waals surface area contributed by atoms with Gasteiger partial charge in [-0.25, -0.2) is 21.9 Å². The molecule has 3 rings (SSSR count). The fraction of sp³-hybridized carbons (Fsp3) is 0.174. The molecule has 0 aliphatic rings. The molecule has 0 aliphatic carbocycles. The van der Waals surface area contributed by atoms with Crippen molar-refractivity contribution in [2.45, 2.75) is 31.3 Å². The van der Waals surface area contributed by atoms with Crippen molar-refractivity contribution in [3.05, 3.63) is 101 Å². The highest BCUT2D eigenvalue weighted by Crippen LogP contribution is 2.20. The molecule has 0 heterocycles. The van der Waals surface area contributed by atoms with E-state index in [1.165, 1.54) is 18.2 Å². The highest BCUT2D eigenvalue weighted by atomic mass is 32.2. The Hall–Kier alpha value is -3.10. The molecule has 2 N–H and O–H groups in total. The van der Waals surface area contributed by atoms with Crippen LogP contribution in [0.5, 0.6) is 0 Å². The number of carbonyl (C=O) groups excluding carboxylic acids is 1. The maximum atomic E-state index is 13.5. The van der Waals surface area contributed by atoms with Gasteiger partial charge in [-0.3, -0.25) is 4.79 Å². The van der Waals surface area contributed by atoms with Crippen LogP contribution < -0.4 is 10.0 Å². The first kappa shape index (κ1) is 22.6. The van der Waals surface area contributed by atoms with Crippen molar-refractivity contribution < 1.29 is 22.0 Å². The van der Waals surface area contributed by atoms with Gasteiger partial charge in [-0.15, -0.1) is 0 Å². The van der Waals surface area contributed by atoms with Crippen LogP contribution in [-0.4, -0.2) is 14.3 Å². The Kier molecular flexibility index (Phi) is 6.82. The number of rotatable bonds is 7. The van der Waals surface area contributed by atoms with Gasteiger partial charge in [0.15, 0.2) is 11.6 Å². The molecule has 3 aromatic carbocycles. The summed E-state index contributed by atoms with van der Waals surface area (Å²) in [6.07, 6.45) is 0. The fourth-order valence-corrected chi connectivity index (χ4v) is 4.31. The molecule has 0 aromatic heterocycles. The van der Waals surface area contributed by atoms with E-state index < -0.39 is 33.6 Å². The third kappa shape index (κ3) is 5.53. The molecule has 3 aromatic rings. The number of benzene rings is 3. The number of amides is 1. The molecule has 1 unspecified atom stereocenters. The summed E-state index contributed by atoms with van der Waals surface area (Å²) in [7, 11) is -3.86. The zero-order valence-corrected chi connectivity index (χ0v) is 17.8. The van der Waals surface area contributed by atoms with Gasteiger partial charge in [0.1, 0.15) is 0 Å². The second kappa shape index (κ2) is 9.36. The monoisotopic (exact) mass is 444 g/mol. The van der Waals surface area contributed by atoms with Gasteiger partial charge in [-0.1, -0.05) is 42.5 Å². The van der Waals surface area contributed by atoms with Crippen molar-refractivity contribution in [1.29, 1.82) is 0 Å². The average molecular weight is 445 g/mol. The van der Waals surface area contributed by atoms with E-state index >= 15 is 0 Å². The van der Waals surface area contributed by atoms with Gasteiger partial charge in [0.25, 0.3) is 5.91 Å². The van der Waals surface area contributed by atoms with Gasteiger partial charge in [0.2, 0.25) is 10.0 Å². The lowest BCUT2D eigenvalue weighted by atomic mass is 10.1. The van der Waals surface area contributed by atoms with E-state index in [1.54, 1.807) is 32.0 Å². The first-order chi connectivity index (χ1) is 14.7. The van der Waals surface area contributed by atoms with Crippen LogP contribution in [0.25, 0.3) is 0 Å². The molecule has 0 radical (unpaired) electrons. The molecule has 5 nitrogen and oxygen atoms in total. The molecule has 0 fully saturated rings. The van der Waals surface area contributed by atoms with E-state index in [1.807, 2.05) is 18.2 Å². The van der Waals surface area contributed by atoms with Gasteiger partial charge in [-0.2, -0.15) is 0 Å². The first-order valence-electron chi connectivity index (χ1n) is 9.57. The normalized spacial score (nSPS) is 12.4. The number of nitrogens with one attached hydrogen (secondary N) is 2. The summed E-state index contributed by atoms with van der Waals surface area (Å²) in [5.41, 5.74) is 1.82. The first-order valence-corrected chi connectivity index (χ1v) is 11.1. The minimum Gasteiger partial charge on any atom is -0.346 e. The van der Waals surface area contributed by atoms with Crippen LogP contribution in [0.1, 0.15) is 40.0 Å². The Morgan fingerprint density at radius 3 is 2.35 bits per heavy atom. The van der Waals surface area contributed by atoms with Crippen molar-refractivity contribution in [3.8, 4) is 0 Å². The standard InChI is InChI=1S/C23H22F2N2O3S/c1-15-8-9-19(23(28)27-16(2)18-10-11-20(24)21(25)12-18)13-22(15)31(29,30)26-14-17-6-4-3-5-7-17/h3-13,16,26H,14H2,1-2H3,(H,27,28). The Morgan fingerprint density at radius 1 is 0.968 bits per heavy atom. The smallest absolute Gasteiger partial charge is 0.251 e. The lowest BCUT2D eigenvalue weighted by Gasteiger charge is -2.16. The molecule has 8 heteroatoms. The molecule has 31 heavy (non-hydrogen) atoms. The molecule has 162 valence electrons. The van der Waals surface area contributed by atoms with Gasteiger partial charge in [-0.05, 0) is 54.8 Å². The summed E-state index contributed by atoms with van der Waals surface area (Å²) in [6, 6.07) is 16.2. The maximum absolute atomic E-state index is 13.5. The predicted molar refractivity (Wildman–Crippen MR) is 114 cm³/mol. The van der Waals surface area contributed by atoms with E-state index in [0.717, 1.165) is 17.7 Å². The zero-order valence-electron chi connectivity index (χ0n) is 17.0. The zero-order chi connectivity index (χ0) is 22.6. The van der Waals surface area contributed by atoms with Gasteiger partial charge in [0.05, 0.1) is 10.9 Å². The second-order valence-electron chi connectivity index (χ2n) is 7.16. The van der Waals surface area contributed by atoms with Crippen molar-refractivity contribution in [3.63, 3.8) is 0 Å². The van der Waals surface area contributed by atoms with Crippen LogP contribution in [0.4, 0.5) is 8.78 Å². The summed E-state index contributed by atoms with van der Waals surface area (Å²) in [6.45, 7) is 3.38. The lowest BCUT2D eigenvalue weighted by molar-refractivity contribution is 0.0939. The van der Waals surface area contributed by atoms with Crippen molar-refractivity contribution in [2.24, 2.45) is 0 Å². The van der Waals surface area contributed by atoms with Crippen LogP contribution in [0.2, 0.25) is 0 Å². The topological polar surface area (TPSA) is 75.3 Å². The maximum Gasteiger partial charge on any atom is 0.251 e. The van der Waals surface area contributed by atoms with Crippen LogP contribution in [0, 0.1) is 18.6 Å². The Labute approximate surface area is 180 Å². The number of aryl methyl sites for hydroxylation is 1. The Morgan fingerprint density at radius 2 is 1.68 bits per heavy atom. The van der Waals surface area contributed by atoms with E-state index in [0.29, 0.717) is 11.1 Å². The lowest BCUT2D eigenvalue weighted by Crippen LogP contribution is -2.28. The van der Waals surface area contributed by atoms with E-state index in [9.17, 15) is 22.0 Å². The summed E-state index contributed by atoms with van der Waals surface area (Å²) >= 11 is 0. The van der Waals surface area contributed by atoms with Gasteiger partial charge < -0.3 is 5.32 Å². The number of hydrogen-bond acceptors (Lipinski definition) is 3. The summed E-state index contributed by atoms with van der Waals surface area (Å²) in [5.74, 6) is -2.51. The van der Waals surface area contributed by atoms with E-state index in [2.05, 4.69) is 10.0 Å². The SMILES string of the molecule is Cc1ccc(C(=O)NC(C)c2ccc(F)c(F)c2)cc1S(=O)(=O)NCc1ccccc1. The molecule has 0 saturated carbocycles. The highest BCUT2D eigenvalue weighted by molar-refractivity contribution is 7.89. The summed E-state index contributed by atoms with van der Waals surface area (Å²) < 4.78 is 54.7. The number of hydrogen-bond donors (Lipinski definition) is 2. The van der Waals surface area contributed by atoms with Crippen molar-refractivity contribution in [1.82, 2.24) is 10.0 Å². The number of halogens is 2. The third-order valence-corrected chi connectivity index (χ3v) is 6.38. The van der Waals surface area contributed by atoms with Crippen LogP contribution in [-0.2, 0) is 16.6 Å². The van der Waals surface area contributed by atoms with E-state index in [-0.39, 0.29) is 17.0 Å². The van der Waals surface area contributed by atoms with Gasteiger partial charge >= 0.3 is 0 Å². The number of sulfonamides is 1. The number of carbonyl (C=O) groups is 1. The van der Waals surface area contributed by atoms with Crippen molar-refractivity contribution >= 4 is 15.9 Å². The highest BCUT2D eigenvalue weighted by Gasteiger charge is 2.20. The second-order valence-corrected chi connectivity index (χ2v) is 8.89. The predicted octanol–water partition coefficient (Wildman–Crippen LogP) is 4.24. The molecule has 0 aliphatic heterocycles.